The van der Waals surface area contributed by atoms with Crippen molar-refractivity contribution in [2.45, 2.75) is 245 Å². The van der Waals surface area contributed by atoms with Gasteiger partial charge in [0.2, 0.25) is 0 Å². The Morgan fingerprint density at radius 3 is 1.27 bits per heavy atom. The lowest BCUT2D eigenvalue weighted by atomic mass is 10.1. The van der Waals surface area contributed by atoms with Gasteiger partial charge in [-0.1, -0.05) is 202 Å². The van der Waals surface area contributed by atoms with Gasteiger partial charge in [-0.05, 0) is 109 Å². The highest BCUT2D eigenvalue weighted by molar-refractivity contribution is 5.70. The van der Waals surface area contributed by atoms with Gasteiger partial charge in [0.05, 0.1) is 6.61 Å². The summed E-state index contributed by atoms with van der Waals surface area (Å²) in [4.78, 5) is 25.4. The third-order valence-electron chi connectivity index (χ3n) is 10.9. The highest BCUT2D eigenvalue weighted by Crippen LogP contribution is 2.13. The lowest BCUT2D eigenvalue weighted by molar-refractivity contribution is -0.163. The summed E-state index contributed by atoms with van der Waals surface area (Å²) in [5.74, 6) is -0.463. The average molecular weight is 863 g/mol. The number of hydrogen-bond acceptors (Lipinski definition) is 5. The van der Waals surface area contributed by atoms with Crippen molar-refractivity contribution in [1.82, 2.24) is 0 Å². The zero-order chi connectivity index (χ0) is 44.9. The standard InChI is InChI=1S/C57H98O5/c1-4-7-10-13-16-19-22-25-27-28-29-31-34-37-40-43-46-49-52-60-53-55(62-57(59)51-48-45-42-39-36-32-24-21-18-15-12-9-6-3)54-61-56(58)50-47-44-41-38-35-33-30-26-23-20-17-14-11-8-5-2/h8,11-12,15,17,20-21,24-27,30,35,38,55H,4-7,9-10,13-14,16,18-19,22-23,28-29,31-34,36-37,39-54H2,1-3H3/b11-8-,15-12-,20-17-,24-21-,27-25-,30-26-,38-35-. The molecule has 0 saturated carbocycles. The van der Waals surface area contributed by atoms with Gasteiger partial charge in [-0.3, -0.25) is 9.59 Å². The van der Waals surface area contributed by atoms with Crippen LogP contribution < -0.4 is 0 Å². The second kappa shape index (κ2) is 52.4. The molecule has 62 heavy (non-hydrogen) atoms. The maximum atomic E-state index is 12.8. The summed E-state index contributed by atoms with van der Waals surface area (Å²) >= 11 is 0. The first-order chi connectivity index (χ1) is 30.6. The van der Waals surface area contributed by atoms with E-state index in [1.165, 1.54) is 109 Å². The van der Waals surface area contributed by atoms with Crippen molar-refractivity contribution in [1.29, 1.82) is 0 Å². The van der Waals surface area contributed by atoms with Gasteiger partial charge in [0.15, 0.2) is 6.10 Å². The Labute approximate surface area is 384 Å². The van der Waals surface area contributed by atoms with Gasteiger partial charge in [0.1, 0.15) is 6.61 Å². The van der Waals surface area contributed by atoms with Crippen LogP contribution in [0.5, 0.6) is 0 Å². The molecule has 0 aromatic carbocycles. The first-order valence-electron chi connectivity index (χ1n) is 26.1. The van der Waals surface area contributed by atoms with Crippen LogP contribution in [0.1, 0.15) is 239 Å². The van der Waals surface area contributed by atoms with Crippen LogP contribution >= 0.6 is 0 Å². The number of esters is 2. The predicted molar refractivity (Wildman–Crippen MR) is 270 cm³/mol. The Bertz CT molecular complexity index is 1160. The molecule has 0 aromatic heterocycles. The highest BCUT2D eigenvalue weighted by atomic mass is 16.6. The molecule has 0 bridgehead atoms. The fraction of sp³-hybridized carbons (Fsp3) is 0.719. The highest BCUT2D eigenvalue weighted by Gasteiger charge is 2.17. The topological polar surface area (TPSA) is 61.8 Å². The number of ether oxygens (including phenoxy) is 3. The van der Waals surface area contributed by atoms with Crippen molar-refractivity contribution in [3.63, 3.8) is 0 Å². The summed E-state index contributed by atoms with van der Waals surface area (Å²) in [6.45, 7) is 7.59. The molecule has 0 aliphatic rings. The van der Waals surface area contributed by atoms with E-state index in [0.717, 1.165) is 96.3 Å². The van der Waals surface area contributed by atoms with E-state index >= 15 is 0 Å². The van der Waals surface area contributed by atoms with E-state index in [1.54, 1.807) is 0 Å². The molecular formula is C57H98O5. The summed E-state index contributed by atoms with van der Waals surface area (Å²) in [6, 6.07) is 0. The number of allylic oxidation sites excluding steroid dienone is 14. The fourth-order valence-corrected chi connectivity index (χ4v) is 7.00. The van der Waals surface area contributed by atoms with Crippen LogP contribution in [0.3, 0.4) is 0 Å². The molecule has 1 atom stereocenters. The summed E-state index contributed by atoms with van der Waals surface area (Å²) in [5.41, 5.74) is 0. The Balaban J connectivity index is 4.34. The summed E-state index contributed by atoms with van der Waals surface area (Å²) in [5, 5.41) is 0. The fourth-order valence-electron chi connectivity index (χ4n) is 7.00. The minimum absolute atomic E-state index is 0.0538. The first kappa shape index (κ1) is 59.1. The normalized spacial score (nSPS) is 12.9. The molecule has 0 amide bonds. The quantitative estimate of drug-likeness (QED) is 0.0346. The molecular weight excluding hydrogens is 765 g/mol. The van der Waals surface area contributed by atoms with Gasteiger partial charge < -0.3 is 14.2 Å². The van der Waals surface area contributed by atoms with Gasteiger partial charge in [0, 0.05) is 19.4 Å². The average Bonchev–Trinajstić information content (AvgIpc) is 3.27. The Morgan fingerprint density at radius 2 is 0.758 bits per heavy atom. The van der Waals surface area contributed by atoms with Gasteiger partial charge in [0.25, 0.3) is 0 Å². The Morgan fingerprint density at radius 1 is 0.371 bits per heavy atom. The van der Waals surface area contributed by atoms with Gasteiger partial charge in [-0.25, -0.2) is 0 Å². The zero-order valence-corrected chi connectivity index (χ0v) is 40.9. The predicted octanol–water partition coefficient (Wildman–Crippen LogP) is 17.7. The summed E-state index contributed by atoms with van der Waals surface area (Å²) < 4.78 is 17.4. The van der Waals surface area contributed by atoms with Gasteiger partial charge in [-0.15, -0.1) is 0 Å². The second-order valence-electron chi connectivity index (χ2n) is 17.0. The van der Waals surface area contributed by atoms with E-state index in [0.29, 0.717) is 19.4 Å². The van der Waals surface area contributed by atoms with E-state index in [4.69, 9.17) is 14.2 Å². The largest absolute Gasteiger partial charge is 0.462 e. The molecule has 0 aromatic rings. The van der Waals surface area contributed by atoms with Crippen LogP contribution in [0.15, 0.2) is 85.1 Å². The van der Waals surface area contributed by atoms with Crippen molar-refractivity contribution in [3.05, 3.63) is 85.1 Å². The maximum absolute atomic E-state index is 12.8. The molecule has 5 nitrogen and oxygen atoms in total. The number of carbonyl (C=O) groups is 2. The van der Waals surface area contributed by atoms with Gasteiger partial charge >= 0.3 is 11.9 Å². The van der Waals surface area contributed by atoms with E-state index in [2.05, 4.69) is 106 Å². The van der Waals surface area contributed by atoms with Crippen molar-refractivity contribution >= 4 is 11.9 Å². The van der Waals surface area contributed by atoms with Crippen LogP contribution in [0, 0.1) is 0 Å². The van der Waals surface area contributed by atoms with E-state index in [9.17, 15) is 9.59 Å². The maximum Gasteiger partial charge on any atom is 0.306 e. The third kappa shape index (κ3) is 49.7. The molecule has 0 spiro atoms. The molecule has 5 heteroatoms. The third-order valence-corrected chi connectivity index (χ3v) is 10.9. The molecule has 0 aliphatic heterocycles. The van der Waals surface area contributed by atoms with Crippen LogP contribution in [-0.4, -0.2) is 37.9 Å². The van der Waals surface area contributed by atoms with Crippen molar-refractivity contribution < 1.29 is 23.8 Å². The van der Waals surface area contributed by atoms with Crippen LogP contribution in [0.4, 0.5) is 0 Å². The molecule has 0 fully saturated rings. The van der Waals surface area contributed by atoms with E-state index < -0.39 is 6.10 Å². The smallest absolute Gasteiger partial charge is 0.306 e. The molecule has 1 unspecified atom stereocenters. The van der Waals surface area contributed by atoms with Crippen molar-refractivity contribution in [2.75, 3.05) is 19.8 Å². The van der Waals surface area contributed by atoms with Crippen LogP contribution in [-0.2, 0) is 23.8 Å². The van der Waals surface area contributed by atoms with Crippen LogP contribution in [0.2, 0.25) is 0 Å². The Kier molecular flexibility index (Phi) is 50.0. The molecule has 0 N–H and O–H groups in total. The molecule has 0 rings (SSSR count). The number of rotatable bonds is 47. The summed E-state index contributed by atoms with van der Waals surface area (Å²) in [6.07, 6.45) is 68.8. The lowest BCUT2D eigenvalue weighted by Crippen LogP contribution is -2.30. The molecule has 0 radical (unpaired) electrons. The lowest BCUT2D eigenvalue weighted by Gasteiger charge is -2.18. The number of unbranched alkanes of at least 4 members (excludes halogenated alkanes) is 22. The summed E-state index contributed by atoms with van der Waals surface area (Å²) in [7, 11) is 0. The first-order valence-corrected chi connectivity index (χ1v) is 26.1. The van der Waals surface area contributed by atoms with E-state index in [-0.39, 0.29) is 25.2 Å². The number of carbonyl (C=O) groups excluding carboxylic acids is 2. The molecule has 0 aliphatic carbocycles. The zero-order valence-electron chi connectivity index (χ0n) is 40.9. The van der Waals surface area contributed by atoms with Crippen LogP contribution in [0.25, 0.3) is 0 Å². The SMILES string of the molecule is CC/C=C\C/C=C\C/C=C\C/C=C\CCCCC(=O)OCC(COCCCCCCCCCC/C=C\CCCCCCCC)OC(=O)CCCCCCC/C=C\C/C=C\CCC. The van der Waals surface area contributed by atoms with E-state index in [1.807, 2.05) is 0 Å². The second-order valence-corrected chi connectivity index (χ2v) is 17.0. The monoisotopic (exact) mass is 863 g/mol. The minimum Gasteiger partial charge on any atom is -0.462 e. The molecule has 0 saturated heterocycles. The van der Waals surface area contributed by atoms with Crippen molar-refractivity contribution in [2.24, 2.45) is 0 Å². The molecule has 356 valence electrons. The Hall–Kier alpha value is -2.92. The van der Waals surface area contributed by atoms with Crippen molar-refractivity contribution in [3.8, 4) is 0 Å². The van der Waals surface area contributed by atoms with Gasteiger partial charge in [-0.2, -0.15) is 0 Å². The number of hydrogen-bond donors (Lipinski definition) is 0. The minimum atomic E-state index is -0.565. The molecule has 0 heterocycles.